The summed E-state index contributed by atoms with van der Waals surface area (Å²) in [5, 5.41) is 0. The minimum Gasteiger partial charge on any atom is -0.369 e. The van der Waals surface area contributed by atoms with Crippen LogP contribution in [0.2, 0.25) is 0 Å². The van der Waals surface area contributed by atoms with E-state index in [2.05, 4.69) is 38.8 Å². The Hall–Kier alpha value is -2.05. The van der Waals surface area contributed by atoms with Crippen LogP contribution in [-0.2, 0) is 16.6 Å². The molecular weight excluding hydrogens is 334 g/mol. The van der Waals surface area contributed by atoms with Gasteiger partial charge in [0.25, 0.3) is 0 Å². The first-order chi connectivity index (χ1) is 12.1. The summed E-state index contributed by atoms with van der Waals surface area (Å²) in [6, 6.07) is 18.2. The summed E-state index contributed by atoms with van der Waals surface area (Å²) < 4.78 is 25.8. The number of nitrogens with one attached hydrogen (secondary N) is 1. The summed E-state index contributed by atoms with van der Waals surface area (Å²) in [5.41, 5.74) is 3.11. The molecule has 1 saturated heterocycles. The van der Waals surface area contributed by atoms with Gasteiger partial charge in [-0.1, -0.05) is 30.3 Å². The number of rotatable bonds is 6. The van der Waals surface area contributed by atoms with Crippen molar-refractivity contribution in [3.63, 3.8) is 0 Å². The Morgan fingerprint density at radius 1 is 0.920 bits per heavy atom. The average Bonchev–Trinajstić information content (AvgIpc) is 2.64. The zero-order valence-electron chi connectivity index (χ0n) is 14.6. The molecule has 0 spiro atoms. The van der Waals surface area contributed by atoms with Crippen LogP contribution in [0.1, 0.15) is 12.5 Å². The quantitative estimate of drug-likeness (QED) is 0.862. The second-order valence-electron chi connectivity index (χ2n) is 6.30. The molecule has 1 N–H and O–H groups in total. The van der Waals surface area contributed by atoms with Gasteiger partial charge >= 0.3 is 0 Å². The molecule has 0 aromatic heterocycles. The summed E-state index contributed by atoms with van der Waals surface area (Å²) in [5.74, 6) is 0.0838. The molecule has 1 fully saturated rings. The van der Waals surface area contributed by atoms with Gasteiger partial charge in [0.05, 0.1) is 5.75 Å². The van der Waals surface area contributed by atoms with Crippen molar-refractivity contribution in [2.24, 2.45) is 0 Å². The van der Waals surface area contributed by atoms with E-state index in [1.807, 2.05) is 30.3 Å². The van der Waals surface area contributed by atoms with Crippen LogP contribution in [0, 0.1) is 0 Å². The molecule has 0 saturated carbocycles. The number of sulfonamides is 1. The number of anilines is 2. The minimum absolute atomic E-state index is 0.0838. The molecule has 0 amide bonds. The van der Waals surface area contributed by atoms with Crippen LogP contribution in [-0.4, -0.2) is 45.2 Å². The number of hydrogen-bond acceptors (Lipinski definition) is 4. The van der Waals surface area contributed by atoms with Crippen LogP contribution < -0.4 is 9.62 Å². The van der Waals surface area contributed by atoms with Crippen molar-refractivity contribution in [1.29, 1.82) is 0 Å². The van der Waals surface area contributed by atoms with Gasteiger partial charge in [0.15, 0.2) is 0 Å². The van der Waals surface area contributed by atoms with E-state index in [1.165, 1.54) is 11.3 Å². The van der Waals surface area contributed by atoms with E-state index in [9.17, 15) is 8.42 Å². The summed E-state index contributed by atoms with van der Waals surface area (Å²) in [6.45, 7) is 6.63. The van der Waals surface area contributed by atoms with Crippen LogP contribution in [0.15, 0.2) is 54.6 Å². The number of nitrogens with zero attached hydrogens (tertiary/aromatic N) is 2. The lowest BCUT2D eigenvalue weighted by atomic mass is 10.1. The lowest BCUT2D eigenvalue weighted by molar-refractivity contribution is 0.250. The smallest absolute Gasteiger partial charge is 0.232 e. The molecule has 2 aromatic carbocycles. The Morgan fingerprint density at radius 2 is 1.56 bits per heavy atom. The molecule has 25 heavy (non-hydrogen) atoms. The van der Waals surface area contributed by atoms with Crippen molar-refractivity contribution in [3.05, 3.63) is 60.2 Å². The third kappa shape index (κ3) is 4.96. The first-order valence-corrected chi connectivity index (χ1v) is 10.3. The van der Waals surface area contributed by atoms with Crippen molar-refractivity contribution in [3.8, 4) is 0 Å². The highest BCUT2D eigenvalue weighted by atomic mass is 32.2. The van der Waals surface area contributed by atoms with Crippen molar-refractivity contribution < 1.29 is 8.42 Å². The highest BCUT2D eigenvalue weighted by Crippen LogP contribution is 2.18. The monoisotopic (exact) mass is 359 g/mol. The maximum atomic E-state index is 11.6. The fourth-order valence-corrected chi connectivity index (χ4v) is 3.63. The molecule has 0 atom stereocenters. The van der Waals surface area contributed by atoms with Crippen LogP contribution in [0.3, 0.4) is 0 Å². The lowest BCUT2D eigenvalue weighted by Gasteiger charge is -2.36. The van der Waals surface area contributed by atoms with Gasteiger partial charge in [0, 0.05) is 44.1 Å². The maximum Gasteiger partial charge on any atom is 0.232 e. The SMILES string of the molecule is CCS(=O)(=O)Nc1ccc(CN2CCN(c3ccccc3)CC2)cc1. The van der Waals surface area contributed by atoms with Crippen molar-refractivity contribution >= 4 is 21.4 Å². The lowest BCUT2D eigenvalue weighted by Crippen LogP contribution is -2.45. The summed E-state index contributed by atoms with van der Waals surface area (Å²) in [7, 11) is -3.21. The number of para-hydroxylation sites is 1. The summed E-state index contributed by atoms with van der Waals surface area (Å²) in [6.07, 6.45) is 0. The highest BCUT2D eigenvalue weighted by Gasteiger charge is 2.17. The predicted molar refractivity (Wildman–Crippen MR) is 103 cm³/mol. The van der Waals surface area contributed by atoms with Crippen molar-refractivity contribution in [2.75, 3.05) is 41.6 Å². The van der Waals surface area contributed by atoms with Crippen LogP contribution in [0.4, 0.5) is 11.4 Å². The van der Waals surface area contributed by atoms with Crippen molar-refractivity contribution in [2.45, 2.75) is 13.5 Å². The van der Waals surface area contributed by atoms with Gasteiger partial charge in [-0.3, -0.25) is 9.62 Å². The van der Waals surface area contributed by atoms with Gasteiger partial charge < -0.3 is 4.90 Å². The zero-order chi connectivity index (χ0) is 17.7. The van der Waals surface area contributed by atoms with E-state index in [4.69, 9.17) is 0 Å². The topological polar surface area (TPSA) is 52.7 Å². The Balaban J connectivity index is 1.52. The molecule has 2 aromatic rings. The summed E-state index contributed by atoms with van der Waals surface area (Å²) >= 11 is 0. The molecule has 0 aliphatic carbocycles. The van der Waals surface area contributed by atoms with E-state index < -0.39 is 10.0 Å². The third-order valence-electron chi connectivity index (χ3n) is 4.51. The molecule has 0 unspecified atom stereocenters. The van der Waals surface area contributed by atoms with Crippen LogP contribution in [0.5, 0.6) is 0 Å². The Morgan fingerprint density at radius 3 is 2.16 bits per heavy atom. The van der Waals surface area contributed by atoms with E-state index in [1.54, 1.807) is 6.92 Å². The van der Waals surface area contributed by atoms with E-state index in [0.717, 1.165) is 32.7 Å². The number of benzene rings is 2. The van der Waals surface area contributed by atoms with E-state index >= 15 is 0 Å². The van der Waals surface area contributed by atoms with Gasteiger partial charge in [0.1, 0.15) is 0 Å². The first kappa shape index (κ1) is 17.8. The predicted octanol–water partition coefficient (Wildman–Crippen LogP) is 2.77. The molecule has 1 aliphatic heterocycles. The normalized spacial score (nSPS) is 16.0. The average molecular weight is 359 g/mol. The van der Waals surface area contributed by atoms with E-state index in [-0.39, 0.29) is 5.75 Å². The number of hydrogen-bond donors (Lipinski definition) is 1. The summed E-state index contributed by atoms with van der Waals surface area (Å²) in [4.78, 5) is 4.85. The van der Waals surface area contributed by atoms with Crippen LogP contribution >= 0.6 is 0 Å². The maximum absolute atomic E-state index is 11.6. The molecule has 1 aliphatic rings. The molecule has 134 valence electrons. The van der Waals surface area contributed by atoms with Gasteiger partial charge in [-0.05, 0) is 36.8 Å². The highest BCUT2D eigenvalue weighted by molar-refractivity contribution is 7.92. The largest absolute Gasteiger partial charge is 0.369 e. The third-order valence-corrected chi connectivity index (χ3v) is 5.81. The Kier molecular flexibility index (Phi) is 5.60. The van der Waals surface area contributed by atoms with Gasteiger partial charge in [-0.25, -0.2) is 8.42 Å². The fraction of sp³-hybridized carbons (Fsp3) is 0.368. The van der Waals surface area contributed by atoms with Crippen molar-refractivity contribution in [1.82, 2.24) is 4.90 Å². The minimum atomic E-state index is -3.21. The van der Waals surface area contributed by atoms with Gasteiger partial charge in [0.2, 0.25) is 10.0 Å². The van der Waals surface area contributed by atoms with E-state index in [0.29, 0.717) is 5.69 Å². The fourth-order valence-electron chi connectivity index (χ4n) is 2.99. The standard InChI is InChI=1S/C19H25N3O2S/c1-2-25(23,24)20-18-10-8-17(9-11-18)16-21-12-14-22(15-13-21)19-6-4-3-5-7-19/h3-11,20H,2,12-16H2,1H3. The second-order valence-corrected chi connectivity index (χ2v) is 8.31. The Bertz CT molecular complexity index is 768. The molecule has 3 rings (SSSR count). The van der Waals surface area contributed by atoms with Gasteiger partial charge in [-0.2, -0.15) is 0 Å². The second kappa shape index (κ2) is 7.89. The number of piperazine rings is 1. The first-order valence-electron chi connectivity index (χ1n) is 8.67. The molecule has 1 heterocycles. The zero-order valence-corrected chi connectivity index (χ0v) is 15.4. The molecule has 6 heteroatoms. The molecule has 0 bridgehead atoms. The van der Waals surface area contributed by atoms with Crippen LogP contribution in [0.25, 0.3) is 0 Å². The molecule has 0 radical (unpaired) electrons. The Labute approximate surface area is 150 Å². The molecular formula is C19H25N3O2S. The molecule has 5 nitrogen and oxygen atoms in total. The van der Waals surface area contributed by atoms with Gasteiger partial charge in [-0.15, -0.1) is 0 Å².